The third-order valence-electron chi connectivity index (χ3n) is 4.30. The molecule has 0 saturated carbocycles. The molecule has 0 heterocycles. The second-order valence-electron chi connectivity index (χ2n) is 7.18. The summed E-state index contributed by atoms with van der Waals surface area (Å²) in [4.78, 5) is 36.2. The number of unbranched alkanes of at least 4 members (excludes halogenated alkanes) is 3. The molecule has 11 heteroatoms. The average Bonchev–Trinajstić information content (AvgIpc) is 2.65. The van der Waals surface area contributed by atoms with Crippen LogP contribution in [0.5, 0.6) is 0 Å². The van der Waals surface area contributed by atoms with Gasteiger partial charge in [0.2, 0.25) is 0 Å². The van der Waals surface area contributed by atoms with Gasteiger partial charge in [0.15, 0.2) is 0 Å². The molecule has 0 amide bonds. The molecule has 174 valence electrons. The summed E-state index contributed by atoms with van der Waals surface area (Å²) in [7, 11) is -3.97. The number of esters is 3. The van der Waals surface area contributed by atoms with Crippen molar-refractivity contribution >= 4 is 28.0 Å². The summed E-state index contributed by atoms with van der Waals surface area (Å²) in [5.74, 6) is -2.34. The Bertz CT molecular complexity index is 720. The maximum atomic E-state index is 12.7. The van der Waals surface area contributed by atoms with E-state index < -0.39 is 33.4 Å². The van der Waals surface area contributed by atoms with E-state index in [-0.39, 0.29) is 63.4 Å². The van der Waals surface area contributed by atoms with Crippen LogP contribution in [0.4, 0.5) is 0 Å². The van der Waals surface area contributed by atoms with E-state index in [1.807, 2.05) is 0 Å². The van der Waals surface area contributed by atoms with Gasteiger partial charge < -0.3 is 15.6 Å². The van der Waals surface area contributed by atoms with E-state index in [4.69, 9.17) is 18.8 Å². The number of carbonyl (C=O) groups excluding carboxylic acids is 3. The number of hydrogen-bond donors (Lipinski definition) is 1. The molecule has 0 aliphatic carbocycles. The minimum atomic E-state index is -3.97. The minimum Gasteiger partial charge on any atom is -1.00 e. The summed E-state index contributed by atoms with van der Waals surface area (Å²) in [5, 5.41) is 0. The van der Waals surface area contributed by atoms with E-state index in [0.29, 0.717) is 25.7 Å². The molecule has 0 fully saturated rings. The van der Waals surface area contributed by atoms with Crippen LogP contribution in [0.15, 0.2) is 24.3 Å². The van der Waals surface area contributed by atoms with Gasteiger partial charge in [0, 0.05) is 11.1 Å². The molecule has 0 aliphatic heterocycles. The molecule has 0 aliphatic rings. The molecule has 9 nitrogen and oxygen atoms in total. The zero-order chi connectivity index (χ0) is 23.4. The first kappa shape index (κ1) is 31.6. The quantitative estimate of drug-likeness (QED) is 0.0883. The van der Waals surface area contributed by atoms with Crippen molar-refractivity contribution in [2.75, 3.05) is 25.6 Å². The predicted molar refractivity (Wildman–Crippen MR) is 111 cm³/mol. The van der Waals surface area contributed by atoms with Crippen molar-refractivity contribution in [3.05, 3.63) is 24.3 Å². The SMILES string of the molecule is C=C(C)C(=O)OCC(CC)(COC(=O)C(=C)C)C(=O)OCCCCCCS(=O)(=O)O.[H-].[Li+]. The van der Waals surface area contributed by atoms with Crippen LogP contribution in [0.1, 0.15) is 54.3 Å². The zero-order valence-corrected chi connectivity index (χ0v) is 19.7. The Morgan fingerprint density at radius 1 is 0.903 bits per heavy atom. The first-order valence-corrected chi connectivity index (χ1v) is 11.2. The van der Waals surface area contributed by atoms with E-state index >= 15 is 0 Å². The zero-order valence-electron chi connectivity index (χ0n) is 19.9. The second-order valence-corrected chi connectivity index (χ2v) is 8.76. The van der Waals surface area contributed by atoms with Crippen LogP contribution in [-0.2, 0) is 38.7 Å². The van der Waals surface area contributed by atoms with Crippen LogP contribution in [0.2, 0.25) is 0 Å². The summed E-state index contributed by atoms with van der Waals surface area (Å²) < 4.78 is 45.6. The smallest absolute Gasteiger partial charge is 1.00 e. The molecular weight excluding hydrogens is 423 g/mol. The average molecular weight is 456 g/mol. The second kappa shape index (κ2) is 15.2. The van der Waals surface area contributed by atoms with Crippen LogP contribution in [0, 0.1) is 5.41 Å². The van der Waals surface area contributed by atoms with E-state index in [9.17, 15) is 22.8 Å². The fourth-order valence-corrected chi connectivity index (χ4v) is 2.79. The molecule has 0 aromatic carbocycles. The predicted octanol–water partition coefficient (Wildman–Crippen LogP) is -0.271. The van der Waals surface area contributed by atoms with Gasteiger partial charge in [-0.15, -0.1) is 0 Å². The maximum absolute atomic E-state index is 12.7. The molecule has 0 aromatic heterocycles. The van der Waals surface area contributed by atoms with Crippen molar-refractivity contribution in [1.82, 2.24) is 0 Å². The Balaban J connectivity index is -0.00000420. The maximum Gasteiger partial charge on any atom is 1.00 e. The molecule has 0 rings (SSSR count). The summed E-state index contributed by atoms with van der Waals surface area (Å²) in [6.45, 7) is 11.0. The van der Waals surface area contributed by atoms with Gasteiger partial charge in [-0.05, 0) is 33.1 Å². The largest absolute Gasteiger partial charge is 1.00 e. The van der Waals surface area contributed by atoms with Gasteiger partial charge >= 0.3 is 36.8 Å². The van der Waals surface area contributed by atoms with Crippen molar-refractivity contribution in [1.29, 1.82) is 0 Å². The van der Waals surface area contributed by atoms with Gasteiger partial charge in [-0.1, -0.05) is 32.9 Å². The number of carbonyl (C=O) groups is 3. The Morgan fingerprint density at radius 2 is 1.35 bits per heavy atom. The Hall–Kier alpha value is -1.60. The first-order chi connectivity index (χ1) is 13.8. The first-order valence-electron chi connectivity index (χ1n) is 9.62. The van der Waals surface area contributed by atoms with Gasteiger partial charge in [0.25, 0.3) is 10.1 Å². The Kier molecular flexibility index (Phi) is 15.5. The van der Waals surface area contributed by atoms with Crippen molar-refractivity contribution in [2.45, 2.75) is 52.9 Å². The minimum absolute atomic E-state index is 0. The van der Waals surface area contributed by atoms with Gasteiger partial charge in [-0.2, -0.15) is 8.42 Å². The van der Waals surface area contributed by atoms with E-state index in [1.165, 1.54) is 13.8 Å². The van der Waals surface area contributed by atoms with Gasteiger partial charge in [0.1, 0.15) is 18.6 Å². The molecule has 0 aromatic rings. The van der Waals surface area contributed by atoms with Crippen LogP contribution < -0.4 is 18.9 Å². The number of ether oxygens (including phenoxy) is 3. The van der Waals surface area contributed by atoms with Crippen LogP contribution >= 0.6 is 0 Å². The van der Waals surface area contributed by atoms with Gasteiger partial charge in [-0.25, -0.2) is 9.59 Å². The molecule has 31 heavy (non-hydrogen) atoms. The van der Waals surface area contributed by atoms with Crippen molar-refractivity contribution in [3.8, 4) is 0 Å². The monoisotopic (exact) mass is 456 g/mol. The van der Waals surface area contributed by atoms with E-state index in [0.717, 1.165) is 0 Å². The molecule has 0 bridgehead atoms. The summed E-state index contributed by atoms with van der Waals surface area (Å²) in [6, 6.07) is 0. The molecule has 0 saturated heterocycles. The van der Waals surface area contributed by atoms with Crippen molar-refractivity contribution < 1.29 is 61.9 Å². The molecular formula is C20H33LiO9S. The van der Waals surface area contributed by atoms with E-state index in [1.54, 1.807) is 6.92 Å². The number of hydrogen-bond acceptors (Lipinski definition) is 8. The number of rotatable bonds is 15. The third kappa shape index (κ3) is 13.4. The van der Waals surface area contributed by atoms with E-state index in [2.05, 4.69) is 13.2 Å². The van der Waals surface area contributed by atoms with Crippen LogP contribution in [-0.4, -0.2) is 56.5 Å². The normalized spacial score (nSPS) is 11.1. The van der Waals surface area contributed by atoms with Gasteiger partial charge in [-0.3, -0.25) is 9.35 Å². The fraction of sp³-hybridized carbons (Fsp3) is 0.650. The fourth-order valence-electron chi connectivity index (χ4n) is 2.22. The topological polar surface area (TPSA) is 133 Å². The summed E-state index contributed by atoms with van der Waals surface area (Å²) >= 11 is 0. The van der Waals surface area contributed by atoms with Gasteiger partial charge in [0.05, 0.1) is 12.4 Å². The Labute approximate surface area is 198 Å². The summed E-state index contributed by atoms with van der Waals surface area (Å²) in [5.41, 5.74) is -1.05. The molecule has 0 radical (unpaired) electrons. The molecule has 1 N–H and O–H groups in total. The van der Waals surface area contributed by atoms with Crippen molar-refractivity contribution in [2.24, 2.45) is 5.41 Å². The van der Waals surface area contributed by atoms with Crippen LogP contribution in [0.3, 0.4) is 0 Å². The van der Waals surface area contributed by atoms with Crippen LogP contribution in [0.25, 0.3) is 0 Å². The third-order valence-corrected chi connectivity index (χ3v) is 5.10. The molecule has 0 spiro atoms. The summed E-state index contributed by atoms with van der Waals surface area (Å²) in [6.07, 6.45) is 2.11. The standard InChI is InChI=1S/C20H32O9S.Li.H/c1-6-20(13-28-17(21)15(2)3,14-29-18(22)16(4)5)19(23)27-11-9-7-8-10-12-30(24,25)26;;/h2,4,6-14H2,1,3,5H3,(H,24,25,26);;/q;+1;-1. The Morgan fingerprint density at radius 3 is 1.74 bits per heavy atom. The molecule has 0 unspecified atom stereocenters. The van der Waals surface area contributed by atoms with Crippen molar-refractivity contribution in [3.63, 3.8) is 0 Å². The molecule has 0 atom stereocenters.